The van der Waals surface area contributed by atoms with Crippen molar-refractivity contribution in [3.8, 4) is 0 Å². The van der Waals surface area contributed by atoms with Crippen molar-refractivity contribution < 1.29 is 4.79 Å². The lowest BCUT2D eigenvalue weighted by Crippen LogP contribution is -2.30. The van der Waals surface area contributed by atoms with Crippen molar-refractivity contribution in [1.29, 1.82) is 0 Å². The quantitative estimate of drug-likeness (QED) is 0.770. The summed E-state index contributed by atoms with van der Waals surface area (Å²) in [6.45, 7) is 7.96. The van der Waals surface area contributed by atoms with Crippen LogP contribution in [-0.2, 0) is 0 Å². The van der Waals surface area contributed by atoms with Crippen molar-refractivity contribution in [3.63, 3.8) is 0 Å². The van der Waals surface area contributed by atoms with Gasteiger partial charge < -0.3 is 5.32 Å². The molecule has 0 spiro atoms. The maximum absolute atomic E-state index is 11.5. The first-order chi connectivity index (χ1) is 6.50. The van der Waals surface area contributed by atoms with Crippen LogP contribution in [0.5, 0.6) is 0 Å². The average molecular weight is 195 g/mol. The smallest absolute Gasteiger partial charge is 0.271 e. The third kappa shape index (κ3) is 2.58. The second-order valence-electron chi connectivity index (χ2n) is 3.99. The first-order valence-electron chi connectivity index (χ1n) is 4.87. The first-order valence-corrected chi connectivity index (χ1v) is 4.87. The van der Waals surface area contributed by atoms with Crippen molar-refractivity contribution >= 4 is 5.91 Å². The normalized spacial score (nSPS) is 11.0. The molecule has 0 atom stereocenters. The Labute approximate surface area is 84.1 Å². The highest BCUT2D eigenvalue weighted by Gasteiger charge is 2.12. The summed E-state index contributed by atoms with van der Waals surface area (Å²) in [6, 6.07) is 1.93. The molecular weight excluding hydrogens is 178 g/mol. The SMILES string of the molecule is CC(C)NC(=O)c1cc(C(C)C)[nH]n1. The average Bonchev–Trinajstić information content (AvgIpc) is 2.50. The number of H-pyrrole nitrogens is 1. The molecule has 0 bridgehead atoms. The van der Waals surface area contributed by atoms with Gasteiger partial charge in [-0.2, -0.15) is 5.10 Å². The molecule has 0 radical (unpaired) electrons. The number of aromatic amines is 1. The van der Waals surface area contributed by atoms with Gasteiger partial charge in [-0.25, -0.2) is 0 Å². The van der Waals surface area contributed by atoms with Gasteiger partial charge in [0.1, 0.15) is 5.69 Å². The molecule has 0 saturated carbocycles. The van der Waals surface area contributed by atoms with Gasteiger partial charge in [-0.15, -0.1) is 0 Å². The van der Waals surface area contributed by atoms with E-state index in [1.165, 1.54) is 0 Å². The molecular formula is C10H17N3O. The van der Waals surface area contributed by atoms with Gasteiger partial charge in [0.25, 0.3) is 5.91 Å². The second-order valence-corrected chi connectivity index (χ2v) is 3.99. The number of hydrogen-bond acceptors (Lipinski definition) is 2. The molecule has 1 amide bonds. The summed E-state index contributed by atoms with van der Waals surface area (Å²) in [5, 5.41) is 9.59. The van der Waals surface area contributed by atoms with Crippen LogP contribution in [0.1, 0.15) is 49.8 Å². The lowest BCUT2D eigenvalue weighted by atomic mass is 10.1. The lowest BCUT2D eigenvalue weighted by Gasteiger charge is -2.04. The van der Waals surface area contributed by atoms with Crippen LogP contribution in [0.4, 0.5) is 0 Å². The summed E-state index contributed by atoms with van der Waals surface area (Å²) in [4.78, 5) is 11.5. The summed E-state index contributed by atoms with van der Waals surface area (Å²) in [5.74, 6) is 0.242. The van der Waals surface area contributed by atoms with Gasteiger partial charge in [-0.1, -0.05) is 13.8 Å². The number of carbonyl (C=O) groups excluding carboxylic acids is 1. The fourth-order valence-corrected chi connectivity index (χ4v) is 1.08. The van der Waals surface area contributed by atoms with Gasteiger partial charge in [-0.05, 0) is 25.8 Å². The second kappa shape index (κ2) is 4.26. The van der Waals surface area contributed by atoms with Gasteiger partial charge in [-0.3, -0.25) is 9.89 Å². The van der Waals surface area contributed by atoms with Crippen LogP contribution in [-0.4, -0.2) is 22.1 Å². The van der Waals surface area contributed by atoms with Gasteiger partial charge in [0.15, 0.2) is 0 Å². The van der Waals surface area contributed by atoms with E-state index in [9.17, 15) is 4.79 Å². The fourth-order valence-electron chi connectivity index (χ4n) is 1.08. The standard InChI is InChI=1S/C10H17N3O/c1-6(2)8-5-9(13-12-8)10(14)11-7(3)4/h5-7H,1-4H3,(H,11,14)(H,12,13). The molecule has 4 nitrogen and oxygen atoms in total. The Balaban J connectivity index is 2.71. The van der Waals surface area contributed by atoms with Gasteiger partial charge in [0, 0.05) is 11.7 Å². The van der Waals surface area contributed by atoms with E-state index in [1.54, 1.807) is 6.07 Å². The predicted octanol–water partition coefficient (Wildman–Crippen LogP) is 1.67. The van der Waals surface area contributed by atoms with E-state index >= 15 is 0 Å². The van der Waals surface area contributed by atoms with E-state index < -0.39 is 0 Å². The largest absolute Gasteiger partial charge is 0.348 e. The summed E-state index contributed by atoms with van der Waals surface area (Å²) < 4.78 is 0. The van der Waals surface area contributed by atoms with E-state index in [0.717, 1.165) is 5.69 Å². The van der Waals surface area contributed by atoms with E-state index in [2.05, 4.69) is 29.4 Å². The monoisotopic (exact) mass is 195 g/mol. The van der Waals surface area contributed by atoms with E-state index in [4.69, 9.17) is 0 Å². The molecule has 0 aliphatic rings. The van der Waals surface area contributed by atoms with Crippen LogP contribution in [0.25, 0.3) is 0 Å². The van der Waals surface area contributed by atoms with Crippen LogP contribution in [0.3, 0.4) is 0 Å². The molecule has 0 aliphatic heterocycles. The molecule has 0 aromatic carbocycles. The van der Waals surface area contributed by atoms with Crippen molar-refractivity contribution in [3.05, 3.63) is 17.5 Å². The minimum absolute atomic E-state index is 0.122. The van der Waals surface area contributed by atoms with Crippen LogP contribution < -0.4 is 5.32 Å². The number of hydrogen-bond donors (Lipinski definition) is 2. The third-order valence-electron chi connectivity index (χ3n) is 1.87. The maximum Gasteiger partial charge on any atom is 0.271 e. The van der Waals surface area contributed by atoms with Gasteiger partial charge in [0.2, 0.25) is 0 Å². The Morgan fingerprint density at radius 2 is 2.07 bits per heavy atom. The Kier molecular flexibility index (Phi) is 3.28. The summed E-state index contributed by atoms with van der Waals surface area (Å²) in [7, 11) is 0. The molecule has 1 rings (SSSR count). The molecule has 78 valence electrons. The summed E-state index contributed by atoms with van der Waals surface area (Å²) >= 11 is 0. The molecule has 1 aromatic rings. The number of carbonyl (C=O) groups is 1. The molecule has 4 heteroatoms. The number of rotatable bonds is 3. The zero-order valence-electron chi connectivity index (χ0n) is 9.09. The number of nitrogens with one attached hydrogen (secondary N) is 2. The molecule has 0 aliphatic carbocycles. The summed E-state index contributed by atoms with van der Waals surface area (Å²) in [6.07, 6.45) is 0. The molecule has 2 N–H and O–H groups in total. The molecule has 1 heterocycles. The fraction of sp³-hybridized carbons (Fsp3) is 0.600. The highest BCUT2D eigenvalue weighted by molar-refractivity contribution is 5.92. The van der Waals surface area contributed by atoms with E-state index in [1.807, 2.05) is 13.8 Å². The van der Waals surface area contributed by atoms with Gasteiger partial charge in [0.05, 0.1) is 0 Å². The van der Waals surface area contributed by atoms with E-state index in [-0.39, 0.29) is 11.9 Å². The summed E-state index contributed by atoms with van der Waals surface area (Å²) in [5.41, 5.74) is 1.45. The Bertz CT molecular complexity index is 315. The molecule has 0 fully saturated rings. The zero-order valence-corrected chi connectivity index (χ0v) is 9.09. The highest BCUT2D eigenvalue weighted by Crippen LogP contribution is 2.11. The van der Waals surface area contributed by atoms with Crippen molar-refractivity contribution in [2.24, 2.45) is 0 Å². The molecule has 0 saturated heterocycles. The van der Waals surface area contributed by atoms with Gasteiger partial charge >= 0.3 is 0 Å². The Hall–Kier alpha value is -1.32. The van der Waals surface area contributed by atoms with Crippen molar-refractivity contribution in [2.45, 2.75) is 39.7 Å². The molecule has 0 unspecified atom stereocenters. The predicted molar refractivity (Wildman–Crippen MR) is 55.3 cm³/mol. The van der Waals surface area contributed by atoms with E-state index in [0.29, 0.717) is 11.6 Å². The van der Waals surface area contributed by atoms with Crippen LogP contribution >= 0.6 is 0 Å². The third-order valence-corrected chi connectivity index (χ3v) is 1.87. The maximum atomic E-state index is 11.5. The molecule has 14 heavy (non-hydrogen) atoms. The molecule has 1 aromatic heterocycles. The minimum atomic E-state index is -0.122. The van der Waals surface area contributed by atoms with Crippen LogP contribution in [0, 0.1) is 0 Å². The van der Waals surface area contributed by atoms with Crippen molar-refractivity contribution in [1.82, 2.24) is 15.5 Å². The highest BCUT2D eigenvalue weighted by atomic mass is 16.2. The number of amides is 1. The number of aromatic nitrogens is 2. The topological polar surface area (TPSA) is 57.8 Å². The Morgan fingerprint density at radius 3 is 2.50 bits per heavy atom. The Morgan fingerprint density at radius 1 is 1.43 bits per heavy atom. The zero-order chi connectivity index (χ0) is 10.7. The lowest BCUT2D eigenvalue weighted by molar-refractivity contribution is 0.0938. The van der Waals surface area contributed by atoms with Crippen molar-refractivity contribution in [2.75, 3.05) is 0 Å². The van der Waals surface area contributed by atoms with Crippen LogP contribution in [0.15, 0.2) is 6.07 Å². The minimum Gasteiger partial charge on any atom is -0.348 e. The first kappa shape index (κ1) is 10.8. The van der Waals surface area contributed by atoms with Crippen LogP contribution in [0.2, 0.25) is 0 Å². The number of nitrogens with zero attached hydrogens (tertiary/aromatic N) is 1.